The van der Waals surface area contributed by atoms with Gasteiger partial charge in [0, 0.05) is 31.7 Å². The first-order valence-electron chi connectivity index (χ1n) is 16.0. The van der Waals surface area contributed by atoms with Gasteiger partial charge in [-0.1, -0.05) is 96.8 Å². The molecular weight excluding hydrogens is 494 g/mol. The summed E-state index contributed by atoms with van der Waals surface area (Å²) >= 11 is 0. The van der Waals surface area contributed by atoms with Gasteiger partial charge in [-0.05, 0) is 44.4 Å². The number of hydrogen-bond donors (Lipinski definition) is 3. The summed E-state index contributed by atoms with van der Waals surface area (Å²) in [5, 5.41) is 20.7. The van der Waals surface area contributed by atoms with E-state index in [-0.39, 0.29) is 24.0 Å². The van der Waals surface area contributed by atoms with E-state index in [0.717, 1.165) is 51.4 Å². The molecule has 0 aromatic heterocycles. The van der Waals surface area contributed by atoms with Gasteiger partial charge in [-0.25, -0.2) is 0 Å². The maximum absolute atomic E-state index is 12.3. The predicted octanol–water partition coefficient (Wildman–Crippen LogP) is 7.70. The smallest absolute Gasteiger partial charge is 0.306 e. The van der Waals surface area contributed by atoms with Crippen LogP contribution in [-0.4, -0.2) is 40.4 Å². The predicted molar refractivity (Wildman–Crippen MR) is 156 cm³/mol. The van der Waals surface area contributed by atoms with Gasteiger partial charge in [-0.15, -0.1) is 0 Å². The van der Waals surface area contributed by atoms with Crippen LogP contribution in [0.1, 0.15) is 155 Å². The highest BCUT2D eigenvalue weighted by Crippen LogP contribution is 2.30. The molecular formula is C32H57NO6. The minimum Gasteiger partial charge on any atom is -0.481 e. The van der Waals surface area contributed by atoms with E-state index in [9.17, 15) is 19.2 Å². The molecule has 1 aliphatic rings. The lowest BCUT2D eigenvalue weighted by atomic mass is 9.78. The molecule has 0 bridgehead atoms. The van der Waals surface area contributed by atoms with Gasteiger partial charge in [0.05, 0.1) is 5.92 Å². The lowest BCUT2D eigenvalue weighted by molar-refractivity contribution is -0.143. The molecule has 0 heterocycles. The molecule has 7 heteroatoms. The molecule has 7 nitrogen and oxygen atoms in total. The summed E-state index contributed by atoms with van der Waals surface area (Å²) in [5.41, 5.74) is 0. The molecule has 1 fully saturated rings. The maximum atomic E-state index is 12.3. The van der Waals surface area contributed by atoms with E-state index in [1.165, 1.54) is 77.0 Å². The van der Waals surface area contributed by atoms with E-state index in [1.54, 1.807) is 6.92 Å². The van der Waals surface area contributed by atoms with Crippen LogP contribution < -0.4 is 5.32 Å². The second-order valence-corrected chi connectivity index (χ2v) is 12.0. The van der Waals surface area contributed by atoms with E-state index in [0.29, 0.717) is 25.3 Å². The second kappa shape index (κ2) is 22.9. The van der Waals surface area contributed by atoms with Crippen molar-refractivity contribution in [2.75, 3.05) is 6.54 Å². The standard InChI is InChI=1S/C32H57NO6/c1-26(32(38)39)24-29(34)28-22-20-27(21-23-28)25-33-30(35)18-16-14-12-10-8-6-4-2-3-5-7-9-11-13-15-17-19-31(36)37/h26-28H,2-25H2,1H3,(H,33,35)(H,36,37)(H,38,39). The summed E-state index contributed by atoms with van der Waals surface area (Å²) < 4.78 is 0. The molecule has 0 aromatic rings. The lowest BCUT2D eigenvalue weighted by Crippen LogP contribution is -2.32. The molecule has 1 amide bonds. The van der Waals surface area contributed by atoms with Gasteiger partial charge >= 0.3 is 11.9 Å². The molecule has 226 valence electrons. The Bertz CT molecular complexity index is 686. The molecule has 1 atom stereocenters. The average Bonchev–Trinajstić information content (AvgIpc) is 2.91. The molecule has 1 saturated carbocycles. The highest BCUT2D eigenvalue weighted by Gasteiger charge is 2.28. The van der Waals surface area contributed by atoms with E-state index in [2.05, 4.69) is 5.32 Å². The number of hydrogen-bond acceptors (Lipinski definition) is 4. The van der Waals surface area contributed by atoms with Crippen LogP contribution in [0.15, 0.2) is 0 Å². The zero-order chi connectivity index (χ0) is 28.7. The fourth-order valence-electron chi connectivity index (χ4n) is 5.63. The van der Waals surface area contributed by atoms with Crippen molar-refractivity contribution >= 4 is 23.6 Å². The van der Waals surface area contributed by atoms with Crippen LogP contribution in [0.3, 0.4) is 0 Å². The number of nitrogens with one attached hydrogen (secondary N) is 1. The highest BCUT2D eigenvalue weighted by molar-refractivity contribution is 5.85. The van der Waals surface area contributed by atoms with E-state index in [4.69, 9.17) is 10.2 Å². The summed E-state index contributed by atoms with van der Waals surface area (Å²) in [7, 11) is 0. The average molecular weight is 552 g/mol. The number of unbranched alkanes of at least 4 members (excludes halogenated alkanes) is 15. The number of carboxylic acid groups (broad SMARTS) is 2. The summed E-state index contributed by atoms with van der Waals surface area (Å²) in [6, 6.07) is 0. The summed E-state index contributed by atoms with van der Waals surface area (Å²) in [5.74, 6) is -1.56. The molecule has 1 aliphatic carbocycles. The van der Waals surface area contributed by atoms with Crippen LogP contribution >= 0.6 is 0 Å². The summed E-state index contributed by atoms with van der Waals surface area (Å²) in [6.07, 6.45) is 23.8. The Labute approximate surface area is 237 Å². The Balaban J connectivity index is 1.84. The van der Waals surface area contributed by atoms with Gasteiger partial charge in [0.2, 0.25) is 5.91 Å². The molecule has 1 unspecified atom stereocenters. The van der Waals surface area contributed by atoms with Crippen molar-refractivity contribution < 1.29 is 29.4 Å². The topological polar surface area (TPSA) is 121 Å². The normalized spacial score (nSPS) is 18.0. The van der Waals surface area contributed by atoms with Crippen LogP contribution in [-0.2, 0) is 19.2 Å². The minimum absolute atomic E-state index is 0.0103. The summed E-state index contributed by atoms with van der Waals surface area (Å²) in [4.78, 5) is 45.9. The Morgan fingerprint density at radius 3 is 1.46 bits per heavy atom. The van der Waals surface area contributed by atoms with Gasteiger partial charge < -0.3 is 15.5 Å². The number of ketones is 1. The zero-order valence-corrected chi connectivity index (χ0v) is 24.7. The van der Waals surface area contributed by atoms with Crippen LogP contribution in [0, 0.1) is 17.8 Å². The van der Waals surface area contributed by atoms with Crippen molar-refractivity contribution in [3.8, 4) is 0 Å². The third-order valence-corrected chi connectivity index (χ3v) is 8.36. The van der Waals surface area contributed by atoms with Crippen molar-refractivity contribution in [3.05, 3.63) is 0 Å². The van der Waals surface area contributed by atoms with Gasteiger partial charge in [0.1, 0.15) is 5.78 Å². The first-order chi connectivity index (χ1) is 18.8. The van der Waals surface area contributed by atoms with Gasteiger partial charge in [-0.3, -0.25) is 19.2 Å². The lowest BCUT2D eigenvalue weighted by Gasteiger charge is -2.28. The molecule has 1 rings (SSSR count). The van der Waals surface area contributed by atoms with Gasteiger partial charge in [-0.2, -0.15) is 0 Å². The molecule has 3 N–H and O–H groups in total. The number of rotatable bonds is 25. The van der Waals surface area contributed by atoms with Crippen molar-refractivity contribution in [1.29, 1.82) is 0 Å². The number of Topliss-reactive ketones (excluding diaryl/α,β-unsaturated/α-hetero) is 1. The van der Waals surface area contributed by atoms with Gasteiger partial charge in [0.25, 0.3) is 0 Å². The van der Waals surface area contributed by atoms with Crippen LogP contribution in [0.4, 0.5) is 0 Å². The molecule has 39 heavy (non-hydrogen) atoms. The molecule has 0 saturated heterocycles. The van der Waals surface area contributed by atoms with E-state index in [1.807, 2.05) is 0 Å². The molecule has 0 radical (unpaired) electrons. The number of carboxylic acids is 2. The number of carbonyl (C=O) groups excluding carboxylic acids is 2. The Kier molecular flexibility index (Phi) is 20.6. The third-order valence-electron chi connectivity index (χ3n) is 8.36. The highest BCUT2D eigenvalue weighted by atomic mass is 16.4. The monoisotopic (exact) mass is 551 g/mol. The quantitative estimate of drug-likeness (QED) is 0.1000. The largest absolute Gasteiger partial charge is 0.481 e. The fraction of sp³-hybridized carbons (Fsp3) is 0.875. The molecule has 0 aromatic carbocycles. The van der Waals surface area contributed by atoms with Crippen molar-refractivity contribution in [3.63, 3.8) is 0 Å². The number of amides is 1. The van der Waals surface area contributed by atoms with E-state index >= 15 is 0 Å². The van der Waals surface area contributed by atoms with Crippen LogP contribution in [0.5, 0.6) is 0 Å². The Morgan fingerprint density at radius 1 is 0.641 bits per heavy atom. The first kappa shape index (κ1) is 35.1. The fourth-order valence-corrected chi connectivity index (χ4v) is 5.63. The van der Waals surface area contributed by atoms with Gasteiger partial charge in [0.15, 0.2) is 0 Å². The first-order valence-corrected chi connectivity index (χ1v) is 16.0. The molecule has 0 spiro atoms. The maximum Gasteiger partial charge on any atom is 0.306 e. The minimum atomic E-state index is -0.908. The van der Waals surface area contributed by atoms with Crippen LogP contribution in [0.25, 0.3) is 0 Å². The number of carbonyl (C=O) groups is 4. The SMILES string of the molecule is CC(CC(=O)C1CCC(CNC(=O)CCCCCCCCCCCCCCCCCCC(=O)O)CC1)C(=O)O. The van der Waals surface area contributed by atoms with E-state index < -0.39 is 17.9 Å². The van der Waals surface area contributed by atoms with Crippen molar-refractivity contribution in [1.82, 2.24) is 5.32 Å². The van der Waals surface area contributed by atoms with Crippen LogP contribution in [0.2, 0.25) is 0 Å². The van der Waals surface area contributed by atoms with Crippen molar-refractivity contribution in [2.24, 2.45) is 17.8 Å². The zero-order valence-electron chi connectivity index (χ0n) is 24.7. The Morgan fingerprint density at radius 2 is 1.05 bits per heavy atom. The third kappa shape index (κ3) is 19.7. The second-order valence-electron chi connectivity index (χ2n) is 12.0. The molecule has 0 aliphatic heterocycles. The van der Waals surface area contributed by atoms with Crippen molar-refractivity contribution in [2.45, 2.75) is 155 Å². The Hall–Kier alpha value is -1.92. The summed E-state index contributed by atoms with van der Waals surface area (Å²) in [6.45, 7) is 2.28. The number of aliphatic carboxylic acids is 2.